The first kappa shape index (κ1) is 24.4. The van der Waals surface area contributed by atoms with Gasteiger partial charge in [-0.2, -0.15) is 4.98 Å². The number of hydrogen-bond donors (Lipinski definition) is 1. The molecule has 2 aromatic heterocycles. The number of fused-ring (bicyclic) bond motifs is 1. The summed E-state index contributed by atoms with van der Waals surface area (Å²) >= 11 is 6.11. The Balaban J connectivity index is 2.70. The molecule has 1 amide bonds. The average molecular weight is 441 g/mol. The summed E-state index contributed by atoms with van der Waals surface area (Å²) < 4.78 is 13.7. The summed E-state index contributed by atoms with van der Waals surface area (Å²) in [5, 5.41) is 10.8. The van der Waals surface area contributed by atoms with Gasteiger partial charge in [0.1, 0.15) is 5.65 Å². The van der Waals surface area contributed by atoms with Gasteiger partial charge in [-0.15, -0.1) is 0 Å². The molecule has 0 aliphatic carbocycles. The molecule has 1 unspecified atom stereocenters. The van der Waals surface area contributed by atoms with Crippen molar-refractivity contribution in [1.82, 2.24) is 19.4 Å². The summed E-state index contributed by atoms with van der Waals surface area (Å²) in [6.45, 7) is 14.8. The third-order valence-electron chi connectivity index (χ3n) is 4.97. The van der Waals surface area contributed by atoms with Crippen LogP contribution in [0.2, 0.25) is 5.28 Å². The SMILES string of the molecule is CCOC(OCC)c1cc2cnc(Cl)nc2n1C(CN(C(=O)O)C(C)(C)C)C(C)C. The number of halogens is 1. The van der Waals surface area contributed by atoms with Crippen molar-refractivity contribution in [3.8, 4) is 0 Å². The van der Waals surface area contributed by atoms with Gasteiger partial charge in [0.15, 0.2) is 6.29 Å². The smallest absolute Gasteiger partial charge is 0.407 e. The van der Waals surface area contributed by atoms with Crippen LogP contribution in [0.4, 0.5) is 4.79 Å². The van der Waals surface area contributed by atoms with Crippen molar-refractivity contribution < 1.29 is 19.4 Å². The summed E-state index contributed by atoms with van der Waals surface area (Å²) in [6.07, 6.45) is 0.0857. The fraction of sp³-hybridized carbons (Fsp3) is 0.667. The minimum Gasteiger partial charge on any atom is -0.465 e. The maximum Gasteiger partial charge on any atom is 0.407 e. The lowest BCUT2D eigenvalue weighted by atomic mass is 9.99. The standard InChI is InChI=1S/C21H33ClN4O4/c1-8-29-18(30-9-2)15-10-14-11-23-19(22)24-17(14)26(15)16(13(3)4)12-25(20(27)28)21(5,6)7/h10-11,13,16,18H,8-9,12H2,1-7H3,(H,27,28). The van der Waals surface area contributed by atoms with Gasteiger partial charge in [-0.05, 0) is 58.2 Å². The molecular weight excluding hydrogens is 408 g/mol. The van der Waals surface area contributed by atoms with E-state index in [1.807, 2.05) is 45.3 Å². The molecule has 0 aromatic carbocycles. The van der Waals surface area contributed by atoms with Crippen molar-refractivity contribution >= 4 is 28.7 Å². The fourth-order valence-corrected chi connectivity index (χ4v) is 3.60. The average Bonchev–Trinajstić information content (AvgIpc) is 2.98. The summed E-state index contributed by atoms with van der Waals surface area (Å²) in [7, 11) is 0. The second-order valence-electron chi connectivity index (χ2n) is 8.48. The lowest BCUT2D eigenvalue weighted by Gasteiger charge is -2.38. The van der Waals surface area contributed by atoms with Crippen LogP contribution in [0.25, 0.3) is 11.0 Å². The van der Waals surface area contributed by atoms with Crippen LogP contribution in [0.5, 0.6) is 0 Å². The van der Waals surface area contributed by atoms with Crippen LogP contribution < -0.4 is 0 Å². The molecule has 0 aliphatic heterocycles. The maximum atomic E-state index is 12.0. The molecular formula is C21H33ClN4O4. The van der Waals surface area contributed by atoms with Gasteiger partial charge < -0.3 is 24.0 Å². The Morgan fingerprint density at radius 2 is 1.87 bits per heavy atom. The molecule has 2 heterocycles. The van der Waals surface area contributed by atoms with Gasteiger partial charge >= 0.3 is 6.09 Å². The molecule has 9 heteroatoms. The van der Waals surface area contributed by atoms with Crippen LogP contribution in [-0.2, 0) is 9.47 Å². The van der Waals surface area contributed by atoms with Gasteiger partial charge in [0, 0.05) is 36.9 Å². The monoisotopic (exact) mass is 440 g/mol. The zero-order chi connectivity index (χ0) is 22.6. The van der Waals surface area contributed by atoms with Crippen LogP contribution in [0.1, 0.15) is 66.5 Å². The molecule has 8 nitrogen and oxygen atoms in total. The van der Waals surface area contributed by atoms with E-state index in [9.17, 15) is 9.90 Å². The Morgan fingerprint density at radius 3 is 2.33 bits per heavy atom. The molecule has 2 rings (SSSR count). The van der Waals surface area contributed by atoms with Gasteiger partial charge in [-0.3, -0.25) is 0 Å². The fourth-order valence-electron chi connectivity index (χ4n) is 3.48. The molecule has 30 heavy (non-hydrogen) atoms. The van der Waals surface area contributed by atoms with Crippen molar-refractivity contribution in [2.75, 3.05) is 19.8 Å². The first-order valence-corrected chi connectivity index (χ1v) is 10.7. The van der Waals surface area contributed by atoms with E-state index in [1.54, 1.807) is 6.20 Å². The van der Waals surface area contributed by atoms with Crippen LogP contribution >= 0.6 is 11.6 Å². The van der Waals surface area contributed by atoms with Crippen LogP contribution in [-0.4, -0.2) is 55.9 Å². The van der Waals surface area contributed by atoms with Crippen molar-refractivity contribution in [2.24, 2.45) is 5.92 Å². The Kier molecular flexibility index (Phi) is 8.07. The van der Waals surface area contributed by atoms with E-state index in [2.05, 4.69) is 23.8 Å². The lowest BCUT2D eigenvalue weighted by molar-refractivity contribution is -0.144. The predicted octanol–water partition coefficient (Wildman–Crippen LogP) is 5.13. The molecule has 168 valence electrons. The second kappa shape index (κ2) is 9.94. The van der Waals surface area contributed by atoms with Crippen molar-refractivity contribution in [3.63, 3.8) is 0 Å². The maximum absolute atomic E-state index is 12.0. The van der Waals surface area contributed by atoms with Crippen LogP contribution in [0, 0.1) is 5.92 Å². The highest BCUT2D eigenvalue weighted by atomic mass is 35.5. The summed E-state index contributed by atoms with van der Waals surface area (Å²) in [4.78, 5) is 22.0. The molecule has 2 aromatic rings. The molecule has 0 spiro atoms. The van der Waals surface area contributed by atoms with Gasteiger partial charge in [-0.25, -0.2) is 9.78 Å². The zero-order valence-corrected chi connectivity index (χ0v) is 19.6. The molecule has 0 aliphatic rings. The first-order valence-electron chi connectivity index (χ1n) is 10.3. The molecule has 1 atom stereocenters. The highest BCUT2D eigenvalue weighted by molar-refractivity contribution is 6.28. The van der Waals surface area contributed by atoms with Gasteiger partial charge in [0.25, 0.3) is 0 Å². The highest BCUT2D eigenvalue weighted by Crippen LogP contribution is 2.34. The predicted molar refractivity (Wildman–Crippen MR) is 117 cm³/mol. The highest BCUT2D eigenvalue weighted by Gasteiger charge is 2.33. The van der Waals surface area contributed by atoms with E-state index in [-0.39, 0.29) is 23.8 Å². The number of rotatable bonds is 9. The van der Waals surface area contributed by atoms with Crippen molar-refractivity contribution in [2.45, 2.75) is 66.3 Å². The minimum absolute atomic E-state index is 0.0983. The van der Waals surface area contributed by atoms with E-state index in [0.717, 1.165) is 11.1 Å². The second-order valence-corrected chi connectivity index (χ2v) is 8.81. The van der Waals surface area contributed by atoms with E-state index >= 15 is 0 Å². The minimum atomic E-state index is -0.968. The molecule has 0 saturated carbocycles. The Labute approximate surface area is 183 Å². The number of aromatic nitrogens is 3. The van der Waals surface area contributed by atoms with Crippen LogP contribution in [0.3, 0.4) is 0 Å². The number of hydrogen-bond acceptors (Lipinski definition) is 5. The third-order valence-corrected chi connectivity index (χ3v) is 5.15. The quantitative estimate of drug-likeness (QED) is 0.429. The van der Waals surface area contributed by atoms with Crippen molar-refractivity contribution in [1.29, 1.82) is 0 Å². The van der Waals surface area contributed by atoms with Crippen molar-refractivity contribution in [3.05, 3.63) is 23.2 Å². The van der Waals surface area contributed by atoms with Gasteiger partial charge in [0.2, 0.25) is 5.28 Å². The van der Waals surface area contributed by atoms with E-state index in [0.29, 0.717) is 18.9 Å². The molecule has 0 radical (unpaired) electrons. The number of ether oxygens (including phenoxy) is 2. The van der Waals surface area contributed by atoms with E-state index in [1.165, 1.54) is 4.90 Å². The Hall–Kier alpha value is -1.90. The molecule has 0 saturated heterocycles. The number of carboxylic acid groups (broad SMARTS) is 1. The lowest BCUT2D eigenvalue weighted by Crippen LogP contribution is -2.48. The summed E-state index contributed by atoms with van der Waals surface area (Å²) in [5.74, 6) is 0.0983. The number of carbonyl (C=O) groups is 1. The van der Waals surface area contributed by atoms with E-state index in [4.69, 9.17) is 21.1 Å². The molecule has 1 N–H and O–H groups in total. The number of amides is 1. The summed E-state index contributed by atoms with van der Waals surface area (Å²) in [6, 6.07) is 1.71. The van der Waals surface area contributed by atoms with Gasteiger partial charge in [0.05, 0.1) is 11.7 Å². The largest absolute Gasteiger partial charge is 0.465 e. The van der Waals surface area contributed by atoms with E-state index < -0.39 is 17.9 Å². The third kappa shape index (κ3) is 5.42. The Morgan fingerprint density at radius 1 is 1.27 bits per heavy atom. The Bertz CT molecular complexity index is 857. The molecule has 0 bridgehead atoms. The zero-order valence-electron chi connectivity index (χ0n) is 18.8. The van der Waals surface area contributed by atoms with Gasteiger partial charge in [-0.1, -0.05) is 13.8 Å². The first-order chi connectivity index (χ1) is 14.0. The topological polar surface area (TPSA) is 89.7 Å². The normalized spacial score (nSPS) is 13.4. The van der Waals surface area contributed by atoms with Crippen LogP contribution in [0.15, 0.2) is 12.3 Å². The summed E-state index contributed by atoms with van der Waals surface area (Å²) in [5.41, 5.74) is 0.837. The number of nitrogens with zero attached hydrogens (tertiary/aromatic N) is 4. The molecule has 0 fully saturated rings.